The Morgan fingerprint density at radius 2 is 1.96 bits per heavy atom. The van der Waals surface area contributed by atoms with Crippen LogP contribution in [-0.2, 0) is 13.6 Å². The first-order valence-corrected chi connectivity index (χ1v) is 8.93. The standard InChI is InChI=1S/C17H19ClN6O2/c1-22-14-13(15(25)21-17(22)26)24(10-11-4-2-3-5-12(11)18)16(20-14)23-8-6-19-7-9-23/h2-5,19H,6-10H2,1H3,(H,21,25,26)/p+1. The smallest absolute Gasteiger partial charge is 0.329 e. The molecule has 0 aliphatic carbocycles. The molecule has 0 radical (unpaired) electrons. The number of H-pyrrole nitrogens is 1. The highest BCUT2D eigenvalue weighted by Crippen LogP contribution is 2.24. The second-order valence-electron chi connectivity index (χ2n) is 6.43. The van der Waals surface area contributed by atoms with Gasteiger partial charge in [0.25, 0.3) is 5.56 Å². The molecule has 4 rings (SSSR count). The zero-order chi connectivity index (χ0) is 18.3. The van der Waals surface area contributed by atoms with Gasteiger partial charge in [0.2, 0.25) is 5.95 Å². The van der Waals surface area contributed by atoms with E-state index in [1.807, 2.05) is 28.8 Å². The lowest BCUT2D eigenvalue weighted by Crippen LogP contribution is -2.89. The molecule has 9 heteroatoms. The Morgan fingerprint density at radius 3 is 2.69 bits per heavy atom. The topological polar surface area (TPSA) is 92.5 Å². The van der Waals surface area contributed by atoms with Crippen molar-refractivity contribution < 1.29 is 5.32 Å². The number of fused-ring (bicyclic) bond motifs is 1. The lowest BCUT2D eigenvalue weighted by atomic mass is 10.2. The molecule has 3 N–H and O–H groups in total. The van der Waals surface area contributed by atoms with E-state index in [9.17, 15) is 9.59 Å². The van der Waals surface area contributed by atoms with Gasteiger partial charge in [0, 0.05) is 12.1 Å². The number of halogens is 1. The van der Waals surface area contributed by atoms with E-state index in [0.29, 0.717) is 28.7 Å². The van der Waals surface area contributed by atoms with Crippen molar-refractivity contribution in [3.63, 3.8) is 0 Å². The van der Waals surface area contributed by atoms with Crippen LogP contribution in [0.15, 0.2) is 33.9 Å². The minimum atomic E-state index is -0.469. The highest BCUT2D eigenvalue weighted by molar-refractivity contribution is 6.31. The molecule has 0 unspecified atom stereocenters. The number of nitrogens with one attached hydrogen (secondary N) is 1. The fourth-order valence-corrected chi connectivity index (χ4v) is 3.56. The first-order valence-electron chi connectivity index (χ1n) is 8.56. The molecular weight excluding hydrogens is 356 g/mol. The number of imidazole rings is 1. The fraction of sp³-hybridized carbons (Fsp3) is 0.353. The number of aromatic nitrogens is 4. The van der Waals surface area contributed by atoms with Crippen LogP contribution < -0.4 is 21.5 Å². The Kier molecular flexibility index (Phi) is 4.29. The molecule has 0 atom stereocenters. The predicted octanol–water partition coefficient (Wildman–Crippen LogP) is -0.492. The van der Waals surface area contributed by atoms with Gasteiger partial charge in [0.1, 0.15) is 0 Å². The van der Waals surface area contributed by atoms with E-state index >= 15 is 0 Å². The number of hydrogen-bond acceptors (Lipinski definition) is 4. The minimum Gasteiger partial charge on any atom is -0.343 e. The molecule has 8 nitrogen and oxygen atoms in total. The molecule has 0 bridgehead atoms. The van der Waals surface area contributed by atoms with Gasteiger partial charge in [-0.3, -0.25) is 18.9 Å². The number of rotatable bonds is 3. The maximum atomic E-state index is 12.6. The molecule has 3 aromatic rings. The van der Waals surface area contributed by atoms with Crippen LogP contribution in [0.3, 0.4) is 0 Å². The average Bonchev–Trinajstić information content (AvgIpc) is 3.02. The highest BCUT2D eigenvalue weighted by atomic mass is 35.5. The number of hydrogen-bond donors (Lipinski definition) is 2. The summed E-state index contributed by atoms with van der Waals surface area (Å²) in [5, 5.41) is 2.88. The molecule has 26 heavy (non-hydrogen) atoms. The van der Waals surface area contributed by atoms with Gasteiger partial charge < -0.3 is 10.2 Å². The second-order valence-corrected chi connectivity index (χ2v) is 6.84. The van der Waals surface area contributed by atoms with E-state index < -0.39 is 11.2 Å². The second kappa shape index (κ2) is 6.62. The summed E-state index contributed by atoms with van der Waals surface area (Å²) in [5.74, 6) is 0.694. The largest absolute Gasteiger partial charge is 0.343 e. The molecule has 136 valence electrons. The summed E-state index contributed by atoms with van der Waals surface area (Å²) >= 11 is 6.33. The zero-order valence-corrected chi connectivity index (χ0v) is 15.2. The number of piperazine rings is 1. The van der Waals surface area contributed by atoms with Gasteiger partial charge in [-0.1, -0.05) is 29.8 Å². The van der Waals surface area contributed by atoms with Crippen LogP contribution in [0.4, 0.5) is 5.95 Å². The third-order valence-corrected chi connectivity index (χ3v) is 5.13. The number of nitrogens with two attached hydrogens (primary N) is 1. The Morgan fingerprint density at radius 1 is 1.23 bits per heavy atom. The fourth-order valence-electron chi connectivity index (χ4n) is 3.36. The predicted molar refractivity (Wildman–Crippen MR) is 100 cm³/mol. The lowest BCUT2D eigenvalue weighted by molar-refractivity contribution is -0.655. The number of benzene rings is 1. The van der Waals surface area contributed by atoms with Crippen molar-refractivity contribution in [2.45, 2.75) is 6.54 Å². The Bertz CT molecular complexity index is 1080. The first kappa shape index (κ1) is 16.9. The molecule has 1 saturated heterocycles. The van der Waals surface area contributed by atoms with Crippen LogP contribution >= 0.6 is 11.6 Å². The van der Waals surface area contributed by atoms with E-state index in [-0.39, 0.29) is 0 Å². The van der Waals surface area contributed by atoms with Gasteiger partial charge in [-0.15, -0.1) is 0 Å². The minimum absolute atomic E-state index is 0.385. The molecule has 1 aliphatic heterocycles. The van der Waals surface area contributed by atoms with Crippen molar-refractivity contribution in [3.05, 3.63) is 55.7 Å². The third-order valence-electron chi connectivity index (χ3n) is 4.76. The number of aromatic amines is 1. The molecule has 2 aromatic heterocycles. The SMILES string of the molecule is Cn1c(=O)[nH]c(=O)c2c1nc(N1CC[NH2+]CC1)n2Cc1ccccc1Cl. The first-order chi connectivity index (χ1) is 12.6. The molecule has 3 heterocycles. The van der Waals surface area contributed by atoms with E-state index in [1.54, 1.807) is 7.05 Å². The number of nitrogens with zero attached hydrogens (tertiary/aromatic N) is 4. The van der Waals surface area contributed by atoms with E-state index in [2.05, 4.69) is 20.2 Å². The van der Waals surface area contributed by atoms with E-state index in [1.165, 1.54) is 4.57 Å². The Balaban J connectivity index is 1.95. The lowest BCUT2D eigenvalue weighted by Gasteiger charge is -2.26. The van der Waals surface area contributed by atoms with E-state index in [0.717, 1.165) is 31.7 Å². The van der Waals surface area contributed by atoms with Crippen LogP contribution in [0.25, 0.3) is 11.2 Å². The van der Waals surface area contributed by atoms with Crippen molar-refractivity contribution in [1.29, 1.82) is 0 Å². The van der Waals surface area contributed by atoms with Crippen molar-refractivity contribution >= 4 is 28.7 Å². The highest BCUT2D eigenvalue weighted by Gasteiger charge is 2.24. The summed E-state index contributed by atoms with van der Waals surface area (Å²) < 4.78 is 3.24. The van der Waals surface area contributed by atoms with Gasteiger partial charge in [-0.2, -0.15) is 4.98 Å². The summed E-state index contributed by atoms with van der Waals surface area (Å²) in [6.45, 7) is 4.00. The molecule has 1 aliphatic rings. The summed E-state index contributed by atoms with van der Waals surface area (Å²) in [6, 6.07) is 7.54. The Labute approximate surface area is 154 Å². The molecule has 1 fully saturated rings. The average molecular weight is 376 g/mol. The van der Waals surface area contributed by atoms with Crippen LogP contribution in [-0.4, -0.2) is 45.3 Å². The molecule has 0 spiro atoms. The summed E-state index contributed by atoms with van der Waals surface area (Å²) in [7, 11) is 1.61. The van der Waals surface area contributed by atoms with Crippen molar-refractivity contribution in [1.82, 2.24) is 19.1 Å². The summed E-state index contributed by atoms with van der Waals surface area (Å²) in [5.41, 5.74) is 0.763. The molecular formula is C17H20ClN6O2+. The quantitative estimate of drug-likeness (QED) is 0.646. The van der Waals surface area contributed by atoms with E-state index in [4.69, 9.17) is 11.6 Å². The van der Waals surface area contributed by atoms with Crippen LogP contribution in [0, 0.1) is 0 Å². The van der Waals surface area contributed by atoms with Crippen LogP contribution in [0.5, 0.6) is 0 Å². The van der Waals surface area contributed by atoms with Crippen molar-refractivity contribution in [3.8, 4) is 0 Å². The molecule has 0 amide bonds. The summed E-state index contributed by atoms with van der Waals surface area (Å²) in [6.07, 6.45) is 0. The maximum Gasteiger partial charge on any atom is 0.329 e. The molecule has 1 aromatic carbocycles. The molecule has 0 saturated carbocycles. The van der Waals surface area contributed by atoms with Crippen molar-refractivity contribution in [2.24, 2.45) is 7.05 Å². The van der Waals surface area contributed by atoms with Crippen LogP contribution in [0.1, 0.15) is 5.56 Å². The maximum absolute atomic E-state index is 12.6. The third kappa shape index (κ3) is 2.81. The van der Waals surface area contributed by atoms with Crippen LogP contribution in [0.2, 0.25) is 5.02 Å². The monoisotopic (exact) mass is 375 g/mol. The number of aryl methyl sites for hydroxylation is 1. The van der Waals surface area contributed by atoms with Gasteiger partial charge in [0.05, 0.1) is 32.7 Å². The Hall–Kier alpha value is -2.58. The van der Waals surface area contributed by atoms with Gasteiger partial charge >= 0.3 is 5.69 Å². The normalized spacial score (nSPS) is 14.9. The zero-order valence-electron chi connectivity index (χ0n) is 14.4. The van der Waals surface area contributed by atoms with Gasteiger partial charge in [-0.25, -0.2) is 4.79 Å². The number of quaternary nitrogens is 1. The van der Waals surface area contributed by atoms with Gasteiger partial charge in [-0.05, 0) is 11.6 Å². The van der Waals surface area contributed by atoms with Gasteiger partial charge in [0.15, 0.2) is 11.2 Å². The number of anilines is 1. The van der Waals surface area contributed by atoms with Crippen molar-refractivity contribution in [2.75, 3.05) is 31.1 Å². The summed E-state index contributed by atoms with van der Waals surface area (Å²) in [4.78, 5) is 33.7.